The zero-order valence-corrected chi connectivity index (χ0v) is 29.2. The molecule has 0 bridgehead atoms. The van der Waals surface area contributed by atoms with E-state index in [9.17, 15) is 0 Å². The van der Waals surface area contributed by atoms with E-state index >= 15 is 0 Å². The molecule has 0 fully saturated rings. The first-order valence-corrected chi connectivity index (χ1v) is 17.0. The summed E-state index contributed by atoms with van der Waals surface area (Å²) in [7, 11) is 0. The number of aromatic nitrogens is 1. The zero-order chi connectivity index (χ0) is 30.4. The van der Waals surface area contributed by atoms with Crippen LogP contribution in [0.15, 0.2) is 109 Å². The van der Waals surface area contributed by atoms with Crippen molar-refractivity contribution in [2.45, 2.75) is 70.6 Å². The topological polar surface area (TPSA) is 12.9 Å². The number of hydrogen-bond donors (Lipinski definition) is 0. The van der Waals surface area contributed by atoms with Crippen LogP contribution >= 0.6 is 0 Å². The van der Waals surface area contributed by atoms with Gasteiger partial charge in [0.2, 0.25) is 0 Å². The van der Waals surface area contributed by atoms with Crippen LogP contribution in [0.3, 0.4) is 0 Å². The molecule has 0 saturated carbocycles. The number of hydrogen-bond acceptors (Lipinski definition) is 1. The van der Waals surface area contributed by atoms with E-state index in [-0.39, 0.29) is 25.5 Å². The third-order valence-corrected chi connectivity index (χ3v) is 10.3. The molecule has 1 aromatic heterocycles. The van der Waals surface area contributed by atoms with Gasteiger partial charge in [-0.2, -0.15) is 0 Å². The molecule has 2 aliphatic carbocycles. The number of nitrogens with zero attached hydrogens (tertiary/aromatic N) is 1. The molecule has 1 spiro atoms. The Labute approximate surface area is 287 Å². The van der Waals surface area contributed by atoms with E-state index in [1.54, 1.807) is 0 Å². The molecule has 0 atom stereocenters. The van der Waals surface area contributed by atoms with E-state index in [4.69, 9.17) is 4.98 Å². The zero-order valence-electron chi connectivity index (χ0n) is 26.8. The number of rotatable bonds is 9. The number of pyridine rings is 1. The fraction of sp³-hybridized carbons (Fsp3) is 0.250. The van der Waals surface area contributed by atoms with Gasteiger partial charge in [-0.1, -0.05) is 130 Å². The standard InChI is InChI=1S/C44H40N.Ir/c1-3-5-7-8-14-30-20-25-42-32(27-30)22-26-43(45-42)33-21-24-41-37(29-33)36-28-31(13-6-4-2)19-23-40(36)44(41)38-17-11-9-15-34(38)35-16-10-12-18-39(35)44;/h9-12,15-20,22-29H,3-8,13-14H2,1-2H3;/q-1;. The Morgan fingerprint density at radius 3 is 1.98 bits per heavy atom. The Hall–Kier alpha value is -3.84. The van der Waals surface area contributed by atoms with Crippen LogP contribution in [0.25, 0.3) is 44.4 Å². The van der Waals surface area contributed by atoms with Crippen molar-refractivity contribution in [1.82, 2.24) is 4.98 Å². The fourth-order valence-electron chi connectivity index (χ4n) is 8.05. The minimum atomic E-state index is -0.333. The number of unbranched alkanes of at least 4 members (excludes halogenated alkanes) is 4. The normalized spacial score (nSPS) is 13.3. The largest absolute Gasteiger partial charge is 0.296 e. The summed E-state index contributed by atoms with van der Waals surface area (Å²) >= 11 is 0. The average molecular weight is 775 g/mol. The summed E-state index contributed by atoms with van der Waals surface area (Å²) < 4.78 is 0. The molecular formula is C44H40IrN-. The maximum atomic E-state index is 5.17. The van der Waals surface area contributed by atoms with Crippen LogP contribution in [0, 0.1) is 6.07 Å². The molecule has 2 heteroatoms. The van der Waals surface area contributed by atoms with Gasteiger partial charge in [0.05, 0.1) is 5.52 Å². The van der Waals surface area contributed by atoms with Gasteiger partial charge in [-0.05, 0) is 93.4 Å². The molecule has 1 radical (unpaired) electrons. The van der Waals surface area contributed by atoms with E-state index in [0.29, 0.717) is 0 Å². The summed E-state index contributed by atoms with van der Waals surface area (Å²) in [6.45, 7) is 4.54. The Kier molecular flexibility index (Phi) is 8.53. The van der Waals surface area contributed by atoms with Gasteiger partial charge in [0.15, 0.2) is 0 Å². The third-order valence-electron chi connectivity index (χ3n) is 10.3. The van der Waals surface area contributed by atoms with Crippen LogP contribution in [0.1, 0.15) is 85.8 Å². The molecule has 0 N–H and O–H groups in total. The first-order chi connectivity index (χ1) is 22.2. The Bertz CT molecular complexity index is 2010. The second-order valence-electron chi connectivity index (χ2n) is 13.0. The predicted octanol–water partition coefficient (Wildman–Crippen LogP) is 11.5. The van der Waals surface area contributed by atoms with Crippen molar-refractivity contribution < 1.29 is 20.1 Å². The molecule has 0 saturated heterocycles. The second kappa shape index (κ2) is 12.7. The predicted molar refractivity (Wildman–Crippen MR) is 189 cm³/mol. The van der Waals surface area contributed by atoms with Crippen molar-refractivity contribution in [3.8, 4) is 33.5 Å². The molecule has 231 valence electrons. The molecule has 1 nitrogen and oxygen atoms in total. The summed E-state index contributed by atoms with van der Waals surface area (Å²) in [5, 5.41) is 1.22. The molecule has 8 rings (SSSR count). The van der Waals surface area contributed by atoms with Gasteiger partial charge in [-0.15, -0.1) is 29.3 Å². The molecule has 0 unspecified atom stereocenters. The monoisotopic (exact) mass is 775 g/mol. The van der Waals surface area contributed by atoms with E-state index in [1.165, 1.54) is 99.5 Å². The Morgan fingerprint density at radius 2 is 1.22 bits per heavy atom. The number of aryl methyl sites for hydroxylation is 2. The van der Waals surface area contributed by atoms with E-state index in [2.05, 4.69) is 129 Å². The van der Waals surface area contributed by atoms with Crippen LogP contribution in [0.2, 0.25) is 0 Å². The van der Waals surface area contributed by atoms with Crippen LogP contribution in [0.4, 0.5) is 0 Å². The fourth-order valence-corrected chi connectivity index (χ4v) is 8.05. The summed E-state index contributed by atoms with van der Waals surface area (Å²) in [5.41, 5.74) is 16.4. The molecule has 2 aliphatic rings. The third kappa shape index (κ3) is 4.90. The van der Waals surface area contributed by atoms with Crippen molar-refractivity contribution >= 4 is 10.9 Å². The van der Waals surface area contributed by atoms with Gasteiger partial charge in [0.25, 0.3) is 0 Å². The van der Waals surface area contributed by atoms with Crippen LogP contribution in [0.5, 0.6) is 0 Å². The van der Waals surface area contributed by atoms with Crippen molar-refractivity contribution in [3.05, 3.63) is 149 Å². The quantitative estimate of drug-likeness (QED) is 0.105. The molecule has 5 aromatic carbocycles. The SMILES string of the molecule is CCCCCCc1ccc2nc(-c3[c-]cc4c(c3)-c3cc(CCCC)ccc3C43c4ccccc4-c4ccccc43)ccc2c1.[Ir]. The van der Waals surface area contributed by atoms with Crippen molar-refractivity contribution in [1.29, 1.82) is 0 Å². The van der Waals surface area contributed by atoms with Gasteiger partial charge < -0.3 is 0 Å². The average Bonchev–Trinajstić information content (AvgIpc) is 3.55. The van der Waals surface area contributed by atoms with E-state index in [1.807, 2.05) is 0 Å². The smallest absolute Gasteiger partial charge is 0.0595 e. The van der Waals surface area contributed by atoms with Crippen molar-refractivity contribution in [3.63, 3.8) is 0 Å². The van der Waals surface area contributed by atoms with Crippen LogP contribution in [-0.4, -0.2) is 4.98 Å². The molecule has 0 amide bonds. The first kappa shape index (κ1) is 30.8. The molecule has 46 heavy (non-hydrogen) atoms. The maximum absolute atomic E-state index is 5.17. The molecule has 1 heterocycles. The van der Waals surface area contributed by atoms with Crippen molar-refractivity contribution in [2.75, 3.05) is 0 Å². The van der Waals surface area contributed by atoms with Gasteiger partial charge in [0, 0.05) is 25.5 Å². The summed E-state index contributed by atoms with van der Waals surface area (Å²) in [4.78, 5) is 5.17. The summed E-state index contributed by atoms with van der Waals surface area (Å²) in [5.74, 6) is 0. The van der Waals surface area contributed by atoms with E-state index in [0.717, 1.165) is 29.6 Å². The number of benzene rings is 5. The molecule has 6 aromatic rings. The first-order valence-electron chi connectivity index (χ1n) is 17.0. The van der Waals surface area contributed by atoms with Crippen molar-refractivity contribution in [2.24, 2.45) is 0 Å². The Morgan fingerprint density at radius 1 is 0.565 bits per heavy atom. The van der Waals surface area contributed by atoms with Gasteiger partial charge in [-0.3, -0.25) is 4.98 Å². The summed E-state index contributed by atoms with van der Waals surface area (Å²) in [6, 6.07) is 44.9. The molecule has 0 aliphatic heterocycles. The number of fused-ring (bicyclic) bond motifs is 11. The molecular weight excluding hydrogens is 735 g/mol. The Balaban J connectivity index is 0.00000338. The van der Waals surface area contributed by atoms with Gasteiger partial charge >= 0.3 is 0 Å². The van der Waals surface area contributed by atoms with Gasteiger partial charge in [-0.25, -0.2) is 0 Å². The van der Waals surface area contributed by atoms with Crippen LogP contribution in [-0.2, 0) is 38.4 Å². The van der Waals surface area contributed by atoms with Gasteiger partial charge in [0.1, 0.15) is 0 Å². The van der Waals surface area contributed by atoms with Crippen LogP contribution < -0.4 is 0 Å². The minimum Gasteiger partial charge on any atom is -0.296 e. The minimum absolute atomic E-state index is 0. The summed E-state index contributed by atoms with van der Waals surface area (Å²) in [6.07, 6.45) is 9.82. The van der Waals surface area contributed by atoms with E-state index < -0.39 is 0 Å². The maximum Gasteiger partial charge on any atom is 0.0595 e. The second-order valence-corrected chi connectivity index (χ2v) is 13.0.